The van der Waals surface area contributed by atoms with Crippen LogP contribution in [0.5, 0.6) is 5.75 Å². The first-order chi connectivity index (χ1) is 9.63. The van der Waals surface area contributed by atoms with Crippen LogP contribution in [-0.4, -0.2) is 17.4 Å². The van der Waals surface area contributed by atoms with Crippen LogP contribution < -0.4 is 4.74 Å². The topological polar surface area (TPSA) is 39.2 Å². The van der Waals surface area contributed by atoms with Crippen molar-refractivity contribution in [3.8, 4) is 5.75 Å². The van der Waals surface area contributed by atoms with Crippen LogP contribution in [0.3, 0.4) is 0 Å². The van der Waals surface area contributed by atoms with Crippen LogP contribution in [0.1, 0.15) is 37.9 Å². The number of aromatic nitrogens is 1. The molecule has 2 heterocycles. The van der Waals surface area contributed by atoms with Gasteiger partial charge in [-0.15, -0.1) is 11.3 Å². The lowest BCUT2D eigenvalue weighted by Crippen LogP contribution is -2.01. The highest BCUT2D eigenvalue weighted by Crippen LogP contribution is 2.27. The molecular weight excluding hydrogens is 270 g/mol. The third-order valence-electron chi connectivity index (χ3n) is 3.55. The number of carbonyl (C=O) groups excluding carboxylic acids is 1. The van der Waals surface area contributed by atoms with E-state index in [2.05, 4.69) is 17.1 Å². The first kappa shape index (κ1) is 13.3. The number of hydrogen-bond acceptors (Lipinski definition) is 4. The molecule has 3 rings (SSSR count). The number of hydrogen-bond donors (Lipinski definition) is 0. The van der Waals surface area contributed by atoms with E-state index in [4.69, 9.17) is 4.74 Å². The van der Waals surface area contributed by atoms with E-state index in [0.717, 1.165) is 40.8 Å². The summed E-state index contributed by atoms with van der Waals surface area (Å²) in [5.74, 6) is 1.19. The monoisotopic (exact) mass is 287 g/mol. The van der Waals surface area contributed by atoms with E-state index in [1.54, 1.807) is 0 Å². The number of carbonyl (C=O) groups is 1. The fraction of sp³-hybridized carbons (Fsp3) is 0.375. The zero-order chi connectivity index (χ0) is 14.1. The molecule has 0 amide bonds. The summed E-state index contributed by atoms with van der Waals surface area (Å²) in [6.07, 6.45) is 2.30. The number of aryl methyl sites for hydroxylation is 3. The van der Waals surface area contributed by atoms with E-state index in [0.29, 0.717) is 6.42 Å². The molecule has 20 heavy (non-hydrogen) atoms. The van der Waals surface area contributed by atoms with Crippen LogP contribution in [0.2, 0.25) is 0 Å². The largest absolute Gasteiger partial charge is 0.493 e. The summed E-state index contributed by atoms with van der Waals surface area (Å²) in [4.78, 5) is 17.4. The Morgan fingerprint density at radius 3 is 3.00 bits per heavy atom. The summed E-state index contributed by atoms with van der Waals surface area (Å²) in [5, 5.41) is 0.959. The Morgan fingerprint density at radius 2 is 2.25 bits per heavy atom. The van der Waals surface area contributed by atoms with Gasteiger partial charge >= 0.3 is 0 Å². The van der Waals surface area contributed by atoms with Crippen molar-refractivity contribution in [1.29, 1.82) is 0 Å². The Labute approximate surface area is 122 Å². The Hall–Kier alpha value is -1.68. The van der Waals surface area contributed by atoms with Gasteiger partial charge in [-0.2, -0.15) is 0 Å². The lowest BCUT2D eigenvalue weighted by Gasteiger charge is -2.03. The van der Waals surface area contributed by atoms with Crippen LogP contribution in [0, 0.1) is 13.8 Å². The first-order valence-corrected chi connectivity index (χ1v) is 7.67. The predicted molar refractivity (Wildman–Crippen MR) is 79.9 cm³/mol. The van der Waals surface area contributed by atoms with Gasteiger partial charge in [0.05, 0.1) is 22.2 Å². The second kappa shape index (κ2) is 5.37. The molecule has 1 aliphatic rings. The van der Waals surface area contributed by atoms with Gasteiger partial charge in [0.15, 0.2) is 5.78 Å². The molecule has 4 heteroatoms. The Bertz CT molecular complexity index is 660. The van der Waals surface area contributed by atoms with Gasteiger partial charge in [-0.05, 0) is 37.5 Å². The number of Topliss-reactive ketones (excluding diaryl/α,β-unsaturated/α-hetero) is 1. The molecule has 1 aromatic carbocycles. The molecule has 0 fully saturated rings. The average molecular weight is 287 g/mol. The van der Waals surface area contributed by atoms with Crippen molar-refractivity contribution in [2.24, 2.45) is 0 Å². The number of nitrogens with zero attached hydrogens (tertiary/aromatic N) is 1. The molecule has 1 aromatic heterocycles. The summed E-state index contributed by atoms with van der Waals surface area (Å²) in [5.41, 5.74) is 3.33. The van der Waals surface area contributed by atoms with Crippen molar-refractivity contribution in [1.82, 2.24) is 4.98 Å². The van der Waals surface area contributed by atoms with Gasteiger partial charge in [-0.25, -0.2) is 4.98 Å². The highest BCUT2D eigenvalue weighted by atomic mass is 32.1. The van der Waals surface area contributed by atoms with Crippen molar-refractivity contribution in [3.05, 3.63) is 44.9 Å². The molecule has 0 saturated heterocycles. The second-order valence-corrected chi connectivity index (χ2v) is 6.31. The summed E-state index contributed by atoms with van der Waals surface area (Å²) in [6, 6.07) is 6.24. The van der Waals surface area contributed by atoms with E-state index >= 15 is 0 Å². The van der Waals surface area contributed by atoms with Crippen LogP contribution in [-0.2, 0) is 12.8 Å². The van der Waals surface area contributed by atoms with Gasteiger partial charge in [-0.3, -0.25) is 4.79 Å². The Morgan fingerprint density at radius 1 is 1.40 bits per heavy atom. The minimum absolute atomic E-state index is 0.199. The molecule has 104 valence electrons. The summed E-state index contributed by atoms with van der Waals surface area (Å²) < 4.78 is 5.49. The second-order valence-electron chi connectivity index (χ2n) is 5.11. The molecule has 0 aliphatic carbocycles. The quantitative estimate of drug-likeness (QED) is 0.808. The third kappa shape index (κ3) is 2.61. The Balaban J connectivity index is 1.67. The van der Waals surface area contributed by atoms with Gasteiger partial charge < -0.3 is 4.74 Å². The van der Waals surface area contributed by atoms with Gasteiger partial charge in [0.1, 0.15) is 5.75 Å². The molecule has 1 aliphatic heterocycles. The standard InChI is InChI=1S/C16H17NO2S/c1-10-16(20-11(2)17-10)14(18)5-3-12-4-6-15-13(9-12)7-8-19-15/h4,6,9H,3,5,7-8H2,1-2H3. The molecule has 0 spiro atoms. The molecule has 0 bridgehead atoms. The highest BCUT2D eigenvalue weighted by molar-refractivity contribution is 7.13. The number of ketones is 1. The van der Waals surface area contributed by atoms with E-state index < -0.39 is 0 Å². The van der Waals surface area contributed by atoms with Crippen molar-refractivity contribution >= 4 is 17.1 Å². The van der Waals surface area contributed by atoms with Gasteiger partial charge in [0.2, 0.25) is 0 Å². The zero-order valence-corrected chi connectivity index (χ0v) is 12.5. The number of rotatable bonds is 4. The first-order valence-electron chi connectivity index (χ1n) is 6.85. The molecule has 0 unspecified atom stereocenters. The predicted octanol–water partition coefficient (Wildman–Crippen LogP) is 3.51. The summed E-state index contributed by atoms with van der Waals surface area (Å²) in [6.45, 7) is 4.62. The zero-order valence-electron chi connectivity index (χ0n) is 11.7. The van der Waals surface area contributed by atoms with E-state index in [1.165, 1.54) is 22.5 Å². The fourth-order valence-electron chi connectivity index (χ4n) is 2.56. The van der Waals surface area contributed by atoms with Crippen molar-refractivity contribution in [3.63, 3.8) is 0 Å². The Kier molecular flexibility index (Phi) is 3.57. The minimum atomic E-state index is 0.199. The van der Waals surface area contributed by atoms with Crippen LogP contribution >= 0.6 is 11.3 Å². The van der Waals surface area contributed by atoms with Crippen LogP contribution in [0.15, 0.2) is 18.2 Å². The van der Waals surface area contributed by atoms with Crippen molar-refractivity contribution in [2.45, 2.75) is 33.1 Å². The van der Waals surface area contributed by atoms with E-state index in [-0.39, 0.29) is 5.78 Å². The number of benzene rings is 1. The molecule has 0 N–H and O–H groups in total. The van der Waals surface area contributed by atoms with Crippen LogP contribution in [0.25, 0.3) is 0 Å². The molecular formula is C16H17NO2S. The highest BCUT2D eigenvalue weighted by Gasteiger charge is 2.15. The van der Waals surface area contributed by atoms with Gasteiger partial charge in [-0.1, -0.05) is 12.1 Å². The molecule has 2 aromatic rings. The lowest BCUT2D eigenvalue weighted by molar-refractivity contribution is 0.0986. The van der Waals surface area contributed by atoms with Gasteiger partial charge in [0.25, 0.3) is 0 Å². The van der Waals surface area contributed by atoms with Crippen molar-refractivity contribution < 1.29 is 9.53 Å². The summed E-state index contributed by atoms with van der Waals surface area (Å²) in [7, 11) is 0. The number of ether oxygens (including phenoxy) is 1. The molecule has 0 radical (unpaired) electrons. The minimum Gasteiger partial charge on any atom is -0.493 e. The lowest BCUT2D eigenvalue weighted by atomic mass is 10.0. The normalized spacial score (nSPS) is 13.1. The van der Waals surface area contributed by atoms with E-state index in [9.17, 15) is 4.79 Å². The fourth-order valence-corrected chi connectivity index (χ4v) is 3.44. The third-order valence-corrected chi connectivity index (χ3v) is 4.67. The maximum Gasteiger partial charge on any atom is 0.175 e. The van der Waals surface area contributed by atoms with Gasteiger partial charge in [0, 0.05) is 12.8 Å². The maximum atomic E-state index is 12.2. The van der Waals surface area contributed by atoms with Crippen molar-refractivity contribution in [2.75, 3.05) is 6.61 Å². The smallest absolute Gasteiger partial charge is 0.175 e. The number of fused-ring (bicyclic) bond motifs is 1. The molecule has 0 saturated carbocycles. The maximum absolute atomic E-state index is 12.2. The molecule has 0 atom stereocenters. The van der Waals surface area contributed by atoms with Crippen LogP contribution in [0.4, 0.5) is 0 Å². The SMILES string of the molecule is Cc1nc(C)c(C(=O)CCc2ccc3c(c2)CCO3)s1. The summed E-state index contributed by atoms with van der Waals surface area (Å²) >= 11 is 1.50. The average Bonchev–Trinajstić information content (AvgIpc) is 3.01. The number of thiazole rings is 1. The van der Waals surface area contributed by atoms with E-state index in [1.807, 2.05) is 19.9 Å². The molecule has 3 nitrogen and oxygen atoms in total.